The van der Waals surface area contributed by atoms with Gasteiger partial charge in [0.25, 0.3) is 11.5 Å². The maximum absolute atomic E-state index is 15.0. The van der Waals surface area contributed by atoms with E-state index in [-0.39, 0.29) is 22.7 Å². The number of fused-ring (bicyclic) bond motifs is 2. The SMILES string of the molecule is O=C(Nc1ccc(Oc2ccnc3c2Oc2ccccc2N3)c(F)c1)c1cccn(-c2ccc(F)cc2)c1=O. The summed E-state index contributed by atoms with van der Waals surface area (Å²) < 4.78 is 41.2. The van der Waals surface area contributed by atoms with Crippen molar-refractivity contribution >= 4 is 23.1 Å². The Morgan fingerprint density at radius 3 is 2.59 bits per heavy atom. The number of para-hydroxylation sites is 2. The summed E-state index contributed by atoms with van der Waals surface area (Å²) in [6.45, 7) is 0. The maximum Gasteiger partial charge on any atom is 0.267 e. The van der Waals surface area contributed by atoms with Gasteiger partial charge in [-0.2, -0.15) is 0 Å². The molecule has 0 unspecified atom stereocenters. The molecule has 0 aliphatic carbocycles. The summed E-state index contributed by atoms with van der Waals surface area (Å²) in [7, 11) is 0. The van der Waals surface area contributed by atoms with Crippen LogP contribution in [0.1, 0.15) is 10.4 Å². The molecular formula is C29H18F2N4O4. The minimum Gasteiger partial charge on any atom is -0.450 e. The van der Waals surface area contributed by atoms with Crippen LogP contribution in [0.3, 0.4) is 0 Å². The molecule has 0 saturated carbocycles. The number of nitrogens with one attached hydrogen (secondary N) is 2. The minimum absolute atomic E-state index is 0.109. The molecule has 0 fully saturated rings. The number of hydrogen-bond donors (Lipinski definition) is 2. The standard InChI is InChI=1S/C29H18F2N4O4/c30-17-7-10-19(11-8-17)35-15-3-4-20(29(35)37)28(36)33-18-9-12-23(21(31)16-18)38-25-13-14-32-27-26(25)39-24-6-2-1-5-22(24)34-27/h1-16H,(H,32,34)(H,33,36). The quantitative estimate of drug-likeness (QED) is 0.271. The average molecular weight is 524 g/mol. The number of rotatable bonds is 5. The Labute approximate surface area is 220 Å². The molecule has 0 spiro atoms. The van der Waals surface area contributed by atoms with Crippen molar-refractivity contribution in [3.8, 4) is 28.7 Å². The van der Waals surface area contributed by atoms with Crippen molar-refractivity contribution in [1.29, 1.82) is 0 Å². The van der Waals surface area contributed by atoms with Crippen LogP contribution < -0.4 is 25.7 Å². The Bertz CT molecular complexity index is 1790. The van der Waals surface area contributed by atoms with Crippen molar-refractivity contribution in [2.24, 2.45) is 0 Å². The van der Waals surface area contributed by atoms with Crippen LogP contribution in [-0.4, -0.2) is 15.5 Å². The van der Waals surface area contributed by atoms with Crippen LogP contribution in [0, 0.1) is 11.6 Å². The highest BCUT2D eigenvalue weighted by atomic mass is 19.1. The third-order valence-corrected chi connectivity index (χ3v) is 5.93. The number of nitrogens with zero attached hydrogens (tertiary/aromatic N) is 2. The number of ether oxygens (including phenoxy) is 2. The number of benzene rings is 3. The number of pyridine rings is 2. The summed E-state index contributed by atoms with van der Waals surface area (Å²) in [6.07, 6.45) is 2.97. The second kappa shape index (κ2) is 9.75. The van der Waals surface area contributed by atoms with E-state index in [1.165, 1.54) is 65.5 Å². The first kappa shape index (κ1) is 23.9. The smallest absolute Gasteiger partial charge is 0.267 e. The molecule has 1 aliphatic heterocycles. The van der Waals surface area contributed by atoms with Crippen LogP contribution in [0.5, 0.6) is 23.0 Å². The van der Waals surface area contributed by atoms with Gasteiger partial charge in [-0.1, -0.05) is 12.1 Å². The molecule has 1 aliphatic rings. The fourth-order valence-corrected chi connectivity index (χ4v) is 4.05. The van der Waals surface area contributed by atoms with Crippen LogP contribution in [0.15, 0.2) is 102 Å². The van der Waals surface area contributed by atoms with Gasteiger partial charge in [-0.3, -0.25) is 14.2 Å². The van der Waals surface area contributed by atoms with Gasteiger partial charge >= 0.3 is 0 Å². The average Bonchev–Trinajstić information content (AvgIpc) is 2.94. The molecule has 0 atom stereocenters. The van der Waals surface area contributed by atoms with Crippen LogP contribution in [0.4, 0.5) is 26.0 Å². The molecule has 0 bridgehead atoms. The van der Waals surface area contributed by atoms with Crippen LogP contribution in [0.2, 0.25) is 0 Å². The zero-order valence-corrected chi connectivity index (χ0v) is 20.0. The van der Waals surface area contributed by atoms with E-state index in [1.807, 2.05) is 18.2 Å². The molecule has 2 aromatic heterocycles. The molecule has 0 radical (unpaired) electrons. The van der Waals surface area contributed by atoms with E-state index in [2.05, 4.69) is 15.6 Å². The van der Waals surface area contributed by atoms with Gasteiger partial charge < -0.3 is 20.1 Å². The van der Waals surface area contributed by atoms with Crippen LogP contribution in [-0.2, 0) is 0 Å². The molecule has 3 heterocycles. The van der Waals surface area contributed by atoms with Crippen molar-refractivity contribution in [2.75, 3.05) is 10.6 Å². The lowest BCUT2D eigenvalue weighted by Crippen LogP contribution is -2.27. The third kappa shape index (κ3) is 4.66. The first-order chi connectivity index (χ1) is 19.0. The summed E-state index contributed by atoms with van der Waals surface area (Å²) in [5.74, 6) is -0.510. The van der Waals surface area contributed by atoms with E-state index < -0.39 is 23.1 Å². The van der Waals surface area contributed by atoms with Gasteiger partial charge in [-0.15, -0.1) is 0 Å². The molecule has 192 valence electrons. The molecular weight excluding hydrogens is 506 g/mol. The van der Waals surface area contributed by atoms with E-state index in [9.17, 15) is 14.0 Å². The summed E-state index contributed by atoms with van der Waals surface area (Å²) in [5.41, 5.74) is 0.467. The van der Waals surface area contributed by atoms with Gasteiger partial charge in [-0.05, 0) is 60.7 Å². The number of anilines is 3. The lowest BCUT2D eigenvalue weighted by molar-refractivity contribution is 0.102. The van der Waals surface area contributed by atoms with Crippen LogP contribution in [0.25, 0.3) is 5.69 Å². The fraction of sp³-hybridized carbons (Fsp3) is 0. The predicted octanol–water partition coefficient (Wildman–Crippen LogP) is 6.40. The number of halogens is 2. The van der Waals surface area contributed by atoms with Gasteiger partial charge in [0.2, 0.25) is 5.75 Å². The Morgan fingerprint density at radius 2 is 1.77 bits per heavy atom. The second-order valence-electron chi connectivity index (χ2n) is 8.48. The Balaban J connectivity index is 1.21. The second-order valence-corrected chi connectivity index (χ2v) is 8.48. The summed E-state index contributed by atoms with van der Waals surface area (Å²) in [4.78, 5) is 30.0. The van der Waals surface area contributed by atoms with Crippen molar-refractivity contribution in [3.63, 3.8) is 0 Å². The molecule has 3 aromatic carbocycles. The van der Waals surface area contributed by atoms with Crippen LogP contribution >= 0.6 is 0 Å². The first-order valence-corrected chi connectivity index (χ1v) is 11.8. The Hall–Kier alpha value is -5.51. The normalized spacial score (nSPS) is 11.4. The Morgan fingerprint density at radius 1 is 0.949 bits per heavy atom. The summed E-state index contributed by atoms with van der Waals surface area (Å²) >= 11 is 0. The summed E-state index contributed by atoms with van der Waals surface area (Å²) in [6, 6.07) is 20.9. The van der Waals surface area contributed by atoms with E-state index in [4.69, 9.17) is 9.47 Å². The van der Waals surface area contributed by atoms with E-state index >= 15 is 4.39 Å². The largest absolute Gasteiger partial charge is 0.450 e. The zero-order valence-electron chi connectivity index (χ0n) is 20.0. The lowest BCUT2D eigenvalue weighted by atomic mass is 10.2. The minimum atomic E-state index is -0.751. The van der Waals surface area contributed by atoms with Crippen molar-refractivity contribution in [2.45, 2.75) is 0 Å². The highest BCUT2D eigenvalue weighted by Gasteiger charge is 2.22. The molecule has 6 rings (SSSR count). The molecule has 39 heavy (non-hydrogen) atoms. The highest BCUT2D eigenvalue weighted by Crippen LogP contribution is 2.46. The third-order valence-electron chi connectivity index (χ3n) is 5.93. The molecule has 10 heteroatoms. The predicted molar refractivity (Wildman–Crippen MR) is 140 cm³/mol. The number of amides is 1. The van der Waals surface area contributed by atoms with E-state index in [0.717, 1.165) is 11.8 Å². The number of carbonyl (C=O) groups excluding carboxylic acids is 1. The van der Waals surface area contributed by atoms with Gasteiger partial charge in [0.05, 0.1) is 5.69 Å². The van der Waals surface area contributed by atoms with E-state index in [0.29, 0.717) is 23.0 Å². The summed E-state index contributed by atoms with van der Waals surface area (Å²) in [5, 5.41) is 5.67. The van der Waals surface area contributed by atoms with Gasteiger partial charge in [0, 0.05) is 35.9 Å². The molecule has 1 amide bonds. The molecule has 5 aromatic rings. The maximum atomic E-state index is 15.0. The fourth-order valence-electron chi connectivity index (χ4n) is 4.05. The lowest BCUT2D eigenvalue weighted by Gasteiger charge is -2.22. The number of carbonyl (C=O) groups is 1. The monoisotopic (exact) mass is 524 g/mol. The molecule has 2 N–H and O–H groups in total. The highest BCUT2D eigenvalue weighted by molar-refractivity contribution is 6.04. The zero-order chi connectivity index (χ0) is 26.9. The first-order valence-electron chi connectivity index (χ1n) is 11.8. The van der Waals surface area contributed by atoms with Gasteiger partial charge in [-0.25, -0.2) is 13.8 Å². The van der Waals surface area contributed by atoms with Crippen molar-refractivity contribution in [3.05, 3.63) is 125 Å². The van der Waals surface area contributed by atoms with Gasteiger partial charge in [0.15, 0.2) is 28.9 Å². The Kier molecular flexibility index (Phi) is 5.96. The number of hydrogen-bond acceptors (Lipinski definition) is 6. The molecule has 0 saturated heterocycles. The van der Waals surface area contributed by atoms with E-state index in [1.54, 1.807) is 12.1 Å². The van der Waals surface area contributed by atoms with Gasteiger partial charge in [0.1, 0.15) is 11.4 Å². The molecule has 8 nitrogen and oxygen atoms in total. The van der Waals surface area contributed by atoms with Crippen molar-refractivity contribution in [1.82, 2.24) is 9.55 Å². The number of aromatic nitrogens is 2. The van der Waals surface area contributed by atoms with Crippen molar-refractivity contribution < 1.29 is 23.0 Å². The topological polar surface area (TPSA) is 94.5 Å².